The third kappa shape index (κ3) is 3.21. The Kier molecular flexibility index (Phi) is 4.22. The highest BCUT2D eigenvalue weighted by molar-refractivity contribution is 6.30. The van der Waals surface area contributed by atoms with Crippen LogP contribution in [0.2, 0.25) is 5.02 Å². The zero-order valence-electron chi connectivity index (χ0n) is 9.53. The van der Waals surface area contributed by atoms with Crippen LogP contribution in [0.5, 0.6) is 0 Å². The maximum absolute atomic E-state index is 5.98. The molecule has 1 saturated heterocycles. The Labute approximate surface area is 102 Å². The molecule has 2 rings (SSSR count). The molecule has 0 radical (unpaired) electrons. The zero-order valence-corrected chi connectivity index (χ0v) is 10.3. The van der Waals surface area contributed by atoms with E-state index >= 15 is 0 Å². The summed E-state index contributed by atoms with van der Waals surface area (Å²) in [6.45, 7) is 4.12. The predicted molar refractivity (Wildman–Crippen MR) is 68.5 cm³/mol. The molecule has 0 spiro atoms. The first-order valence-electron chi connectivity index (χ1n) is 5.95. The van der Waals surface area contributed by atoms with Crippen LogP contribution >= 0.6 is 11.6 Å². The number of nitrogens with two attached hydrogens (primary N) is 1. The molecule has 1 aromatic carbocycles. The summed E-state index contributed by atoms with van der Waals surface area (Å²) in [5.41, 5.74) is 7.03. The molecule has 16 heavy (non-hydrogen) atoms. The molecule has 0 amide bonds. The molecule has 1 aliphatic rings. The van der Waals surface area contributed by atoms with Gasteiger partial charge in [0.05, 0.1) is 0 Å². The van der Waals surface area contributed by atoms with Crippen LogP contribution in [-0.4, -0.2) is 24.5 Å². The first-order chi connectivity index (χ1) is 7.78. The van der Waals surface area contributed by atoms with E-state index in [2.05, 4.69) is 11.0 Å². The van der Waals surface area contributed by atoms with Gasteiger partial charge < -0.3 is 5.73 Å². The highest BCUT2D eigenvalue weighted by Gasteiger charge is 2.18. The Morgan fingerprint density at radius 2 is 2.31 bits per heavy atom. The van der Waals surface area contributed by atoms with Crippen molar-refractivity contribution in [1.29, 1.82) is 0 Å². The van der Waals surface area contributed by atoms with Crippen LogP contribution < -0.4 is 5.73 Å². The normalized spacial score (nSPS) is 22.2. The summed E-state index contributed by atoms with van der Waals surface area (Å²) in [5, 5.41) is 0.824. The average Bonchev–Trinajstić information content (AvgIpc) is 2.29. The second-order valence-corrected chi connectivity index (χ2v) is 5.05. The van der Waals surface area contributed by atoms with Crippen LogP contribution in [0.25, 0.3) is 0 Å². The SMILES string of the molecule is NCC1CCCN(Cc2cccc(Cl)c2)C1. The Balaban J connectivity index is 1.94. The minimum Gasteiger partial charge on any atom is -0.330 e. The number of likely N-dealkylation sites (tertiary alicyclic amines) is 1. The topological polar surface area (TPSA) is 29.3 Å². The zero-order chi connectivity index (χ0) is 11.4. The van der Waals surface area contributed by atoms with E-state index in [9.17, 15) is 0 Å². The van der Waals surface area contributed by atoms with E-state index in [-0.39, 0.29) is 0 Å². The summed E-state index contributed by atoms with van der Waals surface area (Å²) in [6, 6.07) is 8.12. The first-order valence-corrected chi connectivity index (χ1v) is 6.32. The molecule has 0 aromatic heterocycles. The molecule has 3 heteroatoms. The van der Waals surface area contributed by atoms with Crippen LogP contribution in [-0.2, 0) is 6.54 Å². The van der Waals surface area contributed by atoms with E-state index in [1.807, 2.05) is 18.2 Å². The van der Waals surface area contributed by atoms with Gasteiger partial charge >= 0.3 is 0 Å². The lowest BCUT2D eigenvalue weighted by atomic mass is 9.98. The molecule has 1 fully saturated rings. The largest absolute Gasteiger partial charge is 0.330 e. The van der Waals surface area contributed by atoms with Gasteiger partial charge in [0.1, 0.15) is 0 Å². The van der Waals surface area contributed by atoms with Gasteiger partial charge in [-0.05, 0) is 49.5 Å². The molecular weight excluding hydrogens is 220 g/mol. The second kappa shape index (κ2) is 5.67. The highest BCUT2D eigenvalue weighted by Crippen LogP contribution is 2.19. The van der Waals surface area contributed by atoms with Gasteiger partial charge in [0.15, 0.2) is 0 Å². The van der Waals surface area contributed by atoms with Gasteiger partial charge in [-0.2, -0.15) is 0 Å². The van der Waals surface area contributed by atoms with E-state index in [1.54, 1.807) is 0 Å². The van der Waals surface area contributed by atoms with Crippen molar-refractivity contribution in [3.05, 3.63) is 34.9 Å². The molecular formula is C13H19ClN2. The van der Waals surface area contributed by atoms with E-state index in [1.165, 1.54) is 24.9 Å². The molecule has 2 N–H and O–H groups in total. The number of halogens is 1. The minimum atomic E-state index is 0.674. The van der Waals surface area contributed by atoms with Crippen molar-refractivity contribution >= 4 is 11.6 Å². The standard InChI is InChI=1S/C13H19ClN2/c14-13-5-1-3-11(7-13)9-16-6-2-4-12(8-15)10-16/h1,3,5,7,12H,2,4,6,8-10,15H2. The van der Waals surface area contributed by atoms with Crippen molar-refractivity contribution in [2.45, 2.75) is 19.4 Å². The van der Waals surface area contributed by atoms with E-state index in [4.69, 9.17) is 17.3 Å². The van der Waals surface area contributed by atoms with Crippen molar-refractivity contribution in [2.24, 2.45) is 11.7 Å². The number of benzene rings is 1. The summed E-state index contributed by atoms with van der Waals surface area (Å²) in [4.78, 5) is 2.48. The Morgan fingerprint density at radius 1 is 1.44 bits per heavy atom. The lowest BCUT2D eigenvalue weighted by Gasteiger charge is -2.32. The van der Waals surface area contributed by atoms with Gasteiger partial charge in [-0.25, -0.2) is 0 Å². The van der Waals surface area contributed by atoms with Gasteiger partial charge in [0, 0.05) is 18.1 Å². The molecule has 1 unspecified atom stereocenters. The Hall–Kier alpha value is -0.570. The number of hydrogen-bond donors (Lipinski definition) is 1. The van der Waals surface area contributed by atoms with Crippen molar-refractivity contribution in [1.82, 2.24) is 4.90 Å². The number of nitrogens with zero attached hydrogens (tertiary/aromatic N) is 1. The fourth-order valence-electron chi connectivity index (χ4n) is 2.38. The van der Waals surface area contributed by atoms with Crippen LogP contribution in [0.4, 0.5) is 0 Å². The van der Waals surface area contributed by atoms with Gasteiger partial charge in [-0.3, -0.25) is 4.90 Å². The van der Waals surface area contributed by atoms with Crippen LogP contribution in [0.15, 0.2) is 24.3 Å². The van der Waals surface area contributed by atoms with E-state index < -0.39 is 0 Å². The van der Waals surface area contributed by atoms with Crippen molar-refractivity contribution in [2.75, 3.05) is 19.6 Å². The van der Waals surface area contributed by atoms with Gasteiger partial charge in [0.2, 0.25) is 0 Å². The number of piperidine rings is 1. The lowest BCUT2D eigenvalue weighted by molar-refractivity contribution is 0.171. The fraction of sp³-hybridized carbons (Fsp3) is 0.538. The molecule has 0 aliphatic carbocycles. The van der Waals surface area contributed by atoms with Gasteiger partial charge in [-0.15, -0.1) is 0 Å². The number of hydrogen-bond acceptors (Lipinski definition) is 2. The van der Waals surface area contributed by atoms with Crippen LogP contribution in [0.1, 0.15) is 18.4 Å². The maximum atomic E-state index is 5.98. The average molecular weight is 239 g/mol. The van der Waals surface area contributed by atoms with Crippen LogP contribution in [0.3, 0.4) is 0 Å². The molecule has 0 bridgehead atoms. The third-order valence-electron chi connectivity index (χ3n) is 3.23. The monoisotopic (exact) mass is 238 g/mol. The summed E-state index contributed by atoms with van der Waals surface area (Å²) >= 11 is 5.98. The summed E-state index contributed by atoms with van der Waals surface area (Å²) in [7, 11) is 0. The van der Waals surface area contributed by atoms with E-state index in [0.717, 1.165) is 24.7 Å². The fourth-order valence-corrected chi connectivity index (χ4v) is 2.59. The van der Waals surface area contributed by atoms with Crippen molar-refractivity contribution in [3.8, 4) is 0 Å². The summed E-state index contributed by atoms with van der Waals surface area (Å²) < 4.78 is 0. The minimum absolute atomic E-state index is 0.674. The lowest BCUT2D eigenvalue weighted by Crippen LogP contribution is -2.37. The molecule has 1 aromatic rings. The van der Waals surface area contributed by atoms with Gasteiger partial charge in [-0.1, -0.05) is 23.7 Å². The first kappa shape index (κ1) is 11.9. The van der Waals surface area contributed by atoms with E-state index in [0.29, 0.717) is 5.92 Å². The smallest absolute Gasteiger partial charge is 0.0409 e. The highest BCUT2D eigenvalue weighted by atomic mass is 35.5. The van der Waals surface area contributed by atoms with Crippen LogP contribution in [0, 0.1) is 5.92 Å². The second-order valence-electron chi connectivity index (χ2n) is 4.61. The molecule has 88 valence electrons. The Morgan fingerprint density at radius 3 is 3.06 bits per heavy atom. The predicted octanol–water partition coefficient (Wildman–Crippen LogP) is 2.51. The molecule has 1 atom stereocenters. The third-order valence-corrected chi connectivity index (χ3v) is 3.47. The summed E-state index contributed by atoms with van der Waals surface area (Å²) in [6.07, 6.45) is 2.55. The summed E-state index contributed by atoms with van der Waals surface area (Å²) in [5.74, 6) is 0.674. The molecule has 0 saturated carbocycles. The molecule has 2 nitrogen and oxygen atoms in total. The van der Waals surface area contributed by atoms with Gasteiger partial charge in [0.25, 0.3) is 0 Å². The quantitative estimate of drug-likeness (QED) is 0.877. The van der Waals surface area contributed by atoms with Crippen molar-refractivity contribution in [3.63, 3.8) is 0 Å². The molecule has 1 aliphatic heterocycles. The maximum Gasteiger partial charge on any atom is 0.0409 e. The number of rotatable bonds is 3. The Bertz CT molecular complexity index is 340. The van der Waals surface area contributed by atoms with Crippen molar-refractivity contribution < 1.29 is 0 Å². The molecule has 1 heterocycles.